The van der Waals surface area contributed by atoms with Crippen LogP contribution in [0, 0.1) is 17.3 Å². The molecule has 0 bridgehead atoms. The minimum atomic E-state index is -4.44. The molecule has 0 aromatic heterocycles. The van der Waals surface area contributed by atoms with E-state index in [1.165, 1.54) is 54.3 Å². The topological polar surface area (TPSA) is 304 Å². The SMILES string of the molecule is CN[C@H](C(=O)NC(C(=O)N(C)[C@H](/C=C(\C)C(=O)NS(=O)(=O)c1ccc(C2(NC(=O)[C@@H](CCCNC(N)=O)NC(=O)[C@H](NC(=O)CCCCCN3C(=O)C=CC3=O)C(C)C)CC2)cc1)C(C)C)C(C)(C)C)C(C)(C)c1ccccc1. The number of rotatable bonds is 29. The number of nitrogens with zero attached hydrogens (tertiary/aromatic N) is 2. The standard InChI is InChI=1S/C57H84N10O11S/c1-35(2)42(66(12)53(75)48(55(6,7)8)63-52(74)47(59-11)56(9,10)38-20-15-13-16-21-38)34-37(5)49(71)65-79(77,78)40-26-24-39(25-27-40)57(30-31-57)64-50(72)41(22-19-32-60-54(58)76)61-51(73)46(36(3)4)62-43(68)23-17-14-18-33-67-44(69)28-29-45(67)70/h13,15-16,20-21,24-29,34-36,41-42,46-48,59H,14,17-19,22-23,30-33H2,1-12H3,(H,61,73)(H,62,68)(H,63,74)(H,64,72)(H,65,71)(H3,58,60,76)/b37-34+/t41-,42-,46-,47-,48?/m1/s1. The Morgan fingerprint density at radius 3 is 1.91 bits per heavy atom. The quantitative estimate of drug-likeness (QED) is 0.0329. The molecule has 1 aliphatic heterocycles. The van der Waals surface area contributed by atoms with Crippen LogP contribution in [0.15, 0.2) is 83.3 Å². The molecular formula is C57H84N10O11S. The number of benzene rings is 2. The Labute approximate surface area is 465 Å². The zero-order valence-electron chi connectivity index (χ0n) is 47.9. The van der Waals surface area contributed by atoms with Crippen LogP contribution in [0.1, 0.15) is 132 Å². The summed E-state index contributed by atoms with van der Waals surface area (Å²) in [6.07, 6.45) is 6.86. The van der Waals surface area contributed by atoms with E-state index in [-0.39, 0.29) is 72.4 Å². The van der Waals surface area contributed by atoms with Crippen LogP contribution in [0.25, 0.3) is 0 Å². The number of sulfonamides is 1. The minimum absolute atomic E-state index is 0.0290. The van der Waals surface area contributed by atoms with Crippen molar-refractivity contribution >= 4 is 63.3 Å². The third-order valence-electron chi connectivity index (χ3n) is 14.6. The van der Waals surface area contributed by atoms with E-state index >= 15 is 0 Å². The van der Waals surface area contributed by atoms with Crippen LogP contribution < -0.4 is 42.4 Å². The van der Waals surface area contributed by atoms with E-state index in [4.69, 9.17) is 5.73 Å². The smallest absolute Gasteiger partial charge is 0.312 e. The molecule has 1 saturated carbocycles. The minimum Gasteiger partial charge on any atom is -0.352 e. The van der Waals surface area contributed by atoms with Crippen LogP contribution in [0.5, 0.6) is 0 Å². The van der Waals surface area contributed by atoms with Gasteiger partial charge in [-0.2, -0.15) is 0 Å². The van der Waals surface area contributed by atoms with E-state index in [0.29, 0.717) is 37.7 Å². The van der Waals surface area contributed by atoms with Crippen LogP contribution in [-0.2, 0) is 59.3 Å². The molecule has 434 valence electrons. The number of likely N-dealkylation sites (N-methyl/N-ethyl adjacent to an activating group) is 2. The number of carbonyl (C=O) groups is 9. The molecule has 10 amide bonds. The average molecular weight is 1120 g/mol. The zero-order valence-corrected chi connectivity index (χ0v) is 48.7. The number of urea groups is 1. The van der Waals surface area contributed by atoms with Crippen molar-refractivity contribution in [2.75, 3.05) is 27.2 Å². The number of carbonyl (C=O) groups excluding carboxylic acids is 9. The second kappa shape index (κ2) is 27.8. The van der Waals surface area contributed by atoms with Gasteiger partial charge < -0.3 is 42.5 Å². The lowest BCUT2D eigenvalue weighted by molar-refractivity contribution is -0.141. The van der Waals surface area contributed by atoms with Gasteiger partial charge in [-0.15, -0.1) is 0 Å². The first-order valence-electron chi connectivity index (χ1n) is 27.0. The molecule has 1 heterocycles. The van der Waals surface area contributed by atoms with E-state index in [1.54, 1.807) is 27.9 Å². The first-order valence-corrected chi connectivity index (χ1v) is 28.5. The molecule has 21 nitrogen and oxygen atoms in total. The van der Waals surface area contributed by atoms with E-state index in [9.17, 15) is 51.6 Å². The fourth-order valence-corrected chi connectivity index (χ4v) is 10.5. The van der Waals surface area contributed by atoms with Gasteiger partial charge in [0.15, 0.2) is 0 Å². The number of hydrogen-bond acceptors (Lipinski definition) is 12. The average Bonchev–Trinajstić information content (AvgIpc) is 4.12. The highest BCUT2D eigenvalue weighted by atomic mass is 32.2. The van der Waals surface area contributed by atoms with Crippen molar-refractivity contribution in [3.05, 3.63) is 89.5 Å². The summed E-state index contributed by atoms with van der Waals surface area (Å²) in [6, 6.07) is 10.1. The van der Waals surface area contributed by atoms with Crippen molar-refractivity contribution in [1.82, 2.24) is 46.4 Å². The molecule has 2 aliphatic rings. The number of imide groups is 1. The van der Waals surface area contributed by atoms with Crippen LogP contribution in [0.3, 0.4) is 0 Å². The highest BCUT2D eigenvalue weighted by molar-refractivity contribution is 7.90. The van der Waals surface area contributed by atoms with E-state index in [0.717, 1.165) is 10.5 Å². The van der Waals surface area contributed by atoms with Gasteiger partial charge in [-0.05, 0) is 93.0 Å². The third-order valence-corrected chi connectivity index (χ3v) is 15.9. The molecule has 2 aromatic carbocycles. The molecule has 0 spiro atoms. The fraction of sp³-hybridized carbons (Fsp3) is 0.561. The Hall–Kier alpha value is -6.94. The van der Waals surface area contributed by atoms with Crippen LogP contribution in [0.2, 0.25) is 0 Å². The first-order chi connectivity index (χ1) is 36.9. The van der Waals surface area contributed by atoms with Gasteiger partial charge in [0.2, 0.25) is 29.5 Å². The first kappa shape index (κ1) is 64.6. The summed E-state index contributed by atoms with van der Waals surface area (Å²) in [6.45, 7) is 18.5. The maximum Gasteiger partial charge on any atom is 0.312 e. The maximum absolute atomic E-state index is 14.4. The number of nitrogens with two attached hydrogens (primary N) is 1. The Morgan fingerprint density at radius 1 is 0.772 bits per heavy atom. The monoisotopic (exact) mass is 1120 g/mol. The van der Waals surface area contributed by atoms with Crippen LogP contribution in [0.4, 0.5) is 4.79 Å². The van der Waals surface area contributed by atoms with E-state index in [2.05, 4.69) is 36.6 Å². The Bertz CT molecular complexity index is 2700. The lowest BCUT2D eigenvalue weighted by Crippen LogP contribution is -2.61. The van der Waals surface area contributed by atoms with Crippen molar-refractivity contribution in [2.24, 2.45) is 23.0 Å². The van der Waals surface area contributed by atoms with Crippen molar-refractivity contribution in [3.8, 4) is 0 Å². The van der Waals surface area contributed by atoms with Crippen molar-refractivity contribution in [1.29, 1.82) is 0 Å². The highest BCUT2D eigenvalue weighted by Gasteiger charge is 2.47. The Balaban J connectivity index is 1.42. The van der Waals surface area contributed by atoms with E-state index in [1.807, 2.05) is 78.8 Å². The summed E-state index contributed by atoms with van der Waals surface area (Å²) >= 11 is 0. The van der Waals surface area contributed by atoms with E-state index < -0.39 is 92.2 Å². The Kier molecular flexibility index (Phi) is 22.7. The van der Waals surface area contributed by atoms with Gasteiger partial charge in [-0.25, -0.2) is 17.9 Å². The van der Waals surface area contributed by atoms with Gasteiger partial charge in [0, 0.05) is 49.7 Å². The number of primary amides is 1. The second-order valence-electron chi connectivity index (χ2n) is 22.9. The summed E-state index contributed by atoms with van der Waals surface area (Å²) in [5, 5.41) is 17.2. The number of nitrogens with one attached hydrogen (secondary N) is 7. The summed E-state index contributed by atoms with van der Waals surface area (Å²) < 4.78 is 29.6. The lowest BCUT2D eigenvalue weighted by atomic mass is 9.76. The number of amides is 10. The summed E-state index contributed by atoms with van der Waals surface area (Å²) in [5.74, 6) is -4.60. The molecule has 9 N–H and O–H groups in total. The summed E-state index contributed by atoms with van der Waals surface area (Å²) in [5.41, 5.74) is 4.48. The third kappa shape index (κ3) is 17.8. The van der Waals surface area contributed by atoms with Crippen molar-refractivity contribution < 1.29 is 51.6 Å². The van der Waals surface area contributed by atoms with Gasteiger partial charge >= 0.3 is 6.03 Å². The fourth-order valence-electron chi connectivity index (χ4n) is 9.52. The normalized spacial score (nSPS) is 16.3. The molecule has 22 heteroatoms. The van der Waals surface area contributed by atoms with Gasteiger partial charge in [-0.1, -0.05) is 117 Å². The molecular weight excluding hydrogens is 1030 g/mol. The largest absolute Gasteiger partial charge is 0.352 e. The molecule has 4 rings (SSSR count). The predicted molar refractivity (Wildman–Crippen MR) is 300 cm³/mol. The zero-order chi connectivity index (χ0) is 59.2. The van der Waals surface area contributed by atoms with Crippen molar-refractivity contribution in [2.45, 2.75) is 167 Å². The Morgan fingerprint density at radius 2 is 1.38 bits per heavy atom. The number of hydrogen-bond donors (Lipinski definition) is 8. The summed E-state index contributed by atoms with van der Waals surface area (Å²) in [4.78, 5) is 120. The van der Waals surface area contributed by atoms with Gasteiger partial charge in [0.05, 0.1) is 22.5 Å². The number of unbranched alkanes of at least 4 members (excludes halogenated alkanes) is 2. The molecule has 1 aliphatic carbocycles. The molecule has 2 aromatic rings. The maximum atomic E-state index is 14.4. The van der Waals surface area contributed by atoms with Gasteiger partial charge in [-0.3, -0.25) is 43.3 Å². The predicted octanol–water partition coefficient (Wildman–Crippen LogP) is 3.68. The molecule has 0 radical (unpaired) electrons. The van der Waals surface area contributed by atoms with Crippen molar-refractivity contribution in [3.63, 3.8) is 0 Å². The second-order valence-corrected chi connectivity index (χ2v) is 24.6. The van der Waals surface area contributed by atoms with Gasteiger partial charge in [0.25, 0.3) is 27.7 Å². The summed E-state index contributed by atoms with van der Waals surface area (Å²) in [7, 11) is -1.16. The van der Waals surface area contributed by atoms with Gasteiger partial charge in [0.1, 0.15) is 18.1 Å². The molecule has 0 saturated heterocycles. The highest BCUT2D eigenvalue weighted by Crippen LogP contribution is 2.46. The molecule has 5 atom stereocenters. The molecule has 79 heavy (non-hydrogen) atoms. The van der Waals surface area contributed by atoms with Crippen LogP contribution in [-0.4, -0.2) is 129 Å². The molecule has 1 fully saturated rings. The lowest BCUT2D eigenvalue weighted by Gasteiger charge is -2.40. The molecule has 1 unspecified atom stereocenters. The van der Waals surface area contributed by atoms with Crippen LogP contribution >= 0.6 is 0 Å².